The fraction of sp³-hybridized carbons (Fsp3) is 0.924. The second-order valence-electron chi connectivity index (χ2n) is 31.6. The molecule has 8 rings (SSSR count). The number of phosphoric ester groups is 4. The third-order valence-corrected chi connectivity index (χ3v) is 26.0. The van der Waals surface area contributed by atoms with E-state index in [4.69, 9.17) is 106 Å². The molecular formula is C66H115N3O63P4. The summed E-state index contributed by atoms with van der Waals surface area (Å²) in [6, 6.07) is -1.82. The maximum Gasteiger partial charge on any atom is 0.481 e. The van der Waals surface area contributed by atoms with Crippen LogP contribution in [-0.4, -0.2) is 535 Å². The molecule has 0 spiro atoms. The van der Waals surface area contributed by atoms with Crippen molar-refractivity contribution >= 4 is 61.1 Å². The minimum absolute atomic E-state index is 0.561. The first kappa shape index (κ1) is 117. The van der Waals surface area contributed by atoms with E-state index in [1.165, 1.54) is 0 Å². The summed E-state index contributed by atoms with van der Waals surface area (Å²) in [5, 5.41) is 298. The van der Waals surface area contributed by atoms with Crippen molar-refractivity contribution in [2.45, 2.75) is 303 Å². The second kappa shape index (κ2) is 49.9. The van der Waals surface area contributed by atoms with E-state index in [1.54, 1.807) is 0 Å². The summed E-state index contributed by atoms with van der Waals surface area (Å²) < 4.78 is 180. The van der Waals surface area contributed by atoms with Gasteiger partial charge in [0.2, 0.25) is 5.91 Å². The normalized spacial score (nSPS) is 42.0. The average Bonchev–Trinajstić information content (AvgIpc) is 0.760. The molecule has 70 heteroatoms. The highest BCUT2D eigenvalue weighted by molar-refractivity contribution is 7.61. The maximum absolute atomic E-state index is 13.8. The first-order chi connectivity index (χ1) is 63.4. The van der Waals surface area contributed by atoms with Crippen LogP contribution in [-0.2, 0) is 150 Å². The first-order valence-electron chi connectivity index (χ1n) is 40.7. The lowest BCUT2D eigenvalue weighted by atomic mass is 9.88. The van der Waals surface area contributed by atoms with E-state index in [9.17, 15) is 199 Å². The van der Waals surface area contributed by atoms with Crippen molar-refractivity contribution in [2.24, 2.45) is 11.5 Å². The number of carbonyl (C=O) groups excluding carboxylic acids is 3. The van der Waals surface area contributed by atoms with Crippen molar-refractivity contribution in [3.8, 4) is 0 Å². The molecular weight excluding hydrogens is 1970 g/mol. The molecule has 36 N–H and O–H groups in total. The number of carbonyl (C=O) groups is 5. The summed E-state index contributed by atoms with van der Waals surface area (Å²) in [6.45, 7) is -12.8. The van der Waals surface area contributed by atoms with Gasteiger partial charge in [-0.3, -0.25) is 37.0 Å². The Morgan fingerprint density at radius 1 is 0.434 bits per heavy atom. The number of ether oxygens (including phenoxy) is 17. The maximum atomic E-state index is 13.8. The Hall–Kier alpha value is -3.81. The highest BCUT2D eigenvalue weighted by Crippen LogP contribution is 2.62. The SMILES string of the molecule is CC(=O)N[C@H]1[C@H]([C@H](O)[C@H](O)CO)O[C@@](O[C@H]2[C@@H](O)[C@@H](CO)O[C@@H](O[C@H]3[C@H](O)[C@@H](O)[C@H](O[C@@H]4[C@@H](O[C@@H]5[C@@H](O[C@@H]6[C@H](O)[C@@H](O[C@H]7[C@@H]([C@H](O)CO)O[C@@](O)(C(=O)O)C[C@H]7OP(=O)(O)OP(=O)(O)OCCN)O[C@H]([C@@H](O)CO)[C@H]6O[C@@H]6O[C@H](COP(=O)(O)O)[C@@H](OC(C)=O)[C@H](O)[C@H]6O)O[C@H]([C@H](CO)OP(=O)(O)OCCN)[C@@H](O)[C@@H]5O)O[C@H]([C@@H](O)CO)[C@@H](O)[C@@H]4OC(C)=O)O[C@@H]3CO)[C@@H]2O)(C(=O)O)C[C@@H]1O. The summed E-state index contributed by atoms with van der Waals surface area (Å²) in [7, 11) is -23.7. The van der Waals surface area contributed by atoms with Gasteiger partial charge in [-0.1, -0.05) is 0 Å². The number of hydrogen-bond acceptors (Lipinski definition) is 58. The third-order valence-electron chi connectivity index (χ3n) is 21.8. The van der Waals surface area contributed by atoms with E-state index < -0.39 is 422 Å². The van der Waals surface area contributed by atoms with Crippen molar-refractivity contribution in [1.29, 1.82) is 0 Å². The number of aliphatic hydroxyl groups excluding tert-OH is 23. The van der Waals surface area contributed by atoms with Crippen LogP contribution in [0.5, 0.6) is 0 Å². The molecule has 0 aromatic heterocycles. The molecule has 0 aliphatic carbocycles. The molecule has 8 aliphatic rings. The Morgan fingerprint density at radius 2 is 0.904 bits per heavy atom. The molecule has 8 saturated heterocycles. The standard InChI is InChI=1S/C66H115N3O63P4/c1-18(77)69-31-21(80)8-66(64(98)99,128-50(31)32(85)22(81)10-70)129-51-33(86)27(14-74)115-59(41(51)94)120-46-28(15-75)116-57(38(91)36(46)89)126-56-52(114-20(3)79)40(93)43(23(82)11-71)118-62(56)124-54-35(88)34(87)47(29(16-76)131-134(104,105)110-6-4-67)121-61(54)123-53-42(95)60(119-44(24(83)12-72)55(53)125-58-39(92)37(90)48(113-19(2)78)30(117-58)17-112-133(101,102)103)122-49-26(130-136(108,109)132-135(106,107)111-7-5-68)9-65(100,63(96)97)127-45(49)25(84)13-73/h21-62,70-76,80-95,100H,4-17,67-68H2,1-3H3,(H,69,77)(H,96,97)(H,98,99)(H,104,105)(H,106,107)(H,108,109)(H2,101,102,103)/t21-,22+,23-,24-,25+,26+,27+,28+,29-,30+,31+,32+,33-,34-,35-,36+,37+,38+,39+,40+,41+,42-,43+,44+,45+,46+,47+,48+,49+,50+,51-,52-,53+,54-,55+,56-,57-,58-,59-,60+,61+,62+,65+,66-/m0/s1. The molecule has 0 bridgehead atoms. The van der Waals surface area contributed by atoms with Crippen molar-refractivity contribution in [3.05, 3.63) is 0 Å². The third kappa shape index (κ3) is 28.7. The van der Waals surface area contributed by atoms with E-state index in [0.29, 0.717) is 13.8 Å². The van der Waals surface area contributed by atoms with Crippen LogP contribution in [0.4, 0.5) is 0 Å². The van der Waals surface area contributed by atoms with E-state index in [-0.39, 0.29) is 0 Å². The van der Waals surface area contributed by atoms with Gasteiger partial charge in [0.25, 0.3) is 11.6 Å². The number of carboxylic acid groups (broad SMARTS) is 2. The van der Waals surface area contributed by atoms with Crippen LogP contribution in [0.15, 0.2) is 0 Å². The van der Waals surface area contributed by atoms with Crippen LogP contribution in [0.3, 0.4) is 0 Å². The van der Waals surface area contributed by atoms with Gasteiger partial charge in [-0.05, 0) is 0 Å². The van der Waals surface area contributed by atoms with E-state index in [2.05, 4.69) is 18.7 Å². The number of hydrogen-bond donors (Lipinski definition) is 34. The molecule has 0 aromatic carbocycles. The van der Waals surface area contributed by atoms with E-state index in [1.807, 2.05) is 0 Å². The fourth-order valence-electron chi connectivity index (χ4n) is 15.5. The van der Waals surface area contributed by atoms with E-state index in [0.717, 1.165) is 6.92 Å². The predicted molar refractivity (Wildman–Crippen MR) is 411 cm³/mol. The van der Waals surface area contributed by atoms with Crippen LogP contribution < -0.4 is 16.8 Å². The average molecular weight is 2080 g/mol. The number of rotatable bonds is 47. The smallest absolute Gasteiger partial charge is 0.477 e. The van der Waals surface area contributed by atoms with Gasteiger partial charge in [0.05, 0.1) is 78.2 Å². The van der Waals surface area contributed by atoms with Gasteiger partial charge in [0.1, 0.15) is 189 Å². The molecule has 0 aromatic rings. The number of nitrogens with one attached hydrogen (secondary N) is 1. The van der Waals surface area contributed by atoms with Crippen LogP contribution in [0.25, 0.3) is 0 Å². The number of aliphatic hydroxyl groups is 24. The van der Waals surface area contributed by atoms with Crippen LogP contribution in [0.2, 0.25) is 0 Å². The highest BCUT2D eigenvalue weighted by Gasteiger charge is 2.66. The zero-order valence-electron chi connectivity index (χ0n) is 71.0. The minimum atomic E-state index is -6.45. The molecule has 0 radical (unpaired) electrons. The van der Waals surface area contributed by atoms with Gasteiger partial charge in [0.15, 0.2) is 56.1 Å². The Morgan fingerprint density at radius 3 is 1.44 bits per heavy atom. The lowest BCUT2D eigenvalue weighted by Crippen LogP contribution is -2.71. The topological polar surface area (TPSA) is 1060 Å². The Balaban J connectivity index is 1.28. The zero-order chi connectivity index (χ0) is 102. The van der Waals surface area contributed by atoms with Crippen molar-refractivity contribution in [1.82, 2.24) is 5.32 Å². The molecule has 136 heavy (non-hydrogen) atoms. The summed E-state index contributed by atoms with van der Waals surface area (Å²) >= 11 is 0. The number of esters is 2. The zero-order valence-corrected chi connectivity index (χ0v) is 74.6. The van der Waals surface area contributed by atoms with Crippen LogP contribution in [0.1, 0.15) is 33.6 Å². The summed E-state index contributed by atoms with van der Waals surface area (Å²) in [6.07, 6.45) is -113. The quantitative estimate of drug-likeness (QED) is 0.0199. The summed E-state index contributed by atoms with van der Waals surface area (Å²) in [5.74, 6) is -15.7. The molecule has 0 saturated carbocycles. The molecule has 8 aliphatic heterocycles. The number of amides is 1. The van der Waals surface area contributed by atoms with Gasteiger partial charge >= 0.3 is 55.2 Å². The number of aliphatic carboxylic acids is 2. The fourth-order valence-corrected chi connectivity index (χ4v) is 19.0. The Kier molecular flexibility index (Phi) is 43.0. The highest BCUT2D eigenvalue weighted by atomic mass is 31.3. The van der Waals surface area contributed by atoms with Gasteiger partial charge in [-0.2, -0.15) is 4.31 Å². The molecule has 3 unspecified atom stereocenters. The predicted octanol–water partition coefficient (Wildman–Crippen LogP) is -19.6. The molecule has 792 valence electrons. The lowest BCUT2D eigenvalue weighted by Gasteiger charge is -2.53. The summed E-state index contributed by atoms with van der Waals surface area (Å²) in [4.78, 5) is 116. The minimum Gasteiger partial charge on any atom is -0.477 e. The molecule has 66 nitrogen and oxygen atoms in total. The van der Waals surface area contributed by atoms with E-state index >= 15 is 0 Å². The number of carboxylic acids is 2. The summed E-state index contributed by atoms with van der Waals surface area (Å²) in [5.41, 5.74) is 10.8. The lowest BCUT2D eigenvalue weighted by molar-refractivity contribution is -0.421. The van der Waals surface area contributed by atoms with Crippen molar-refractivity contribution < 1.29 is 307 Å². The van der Waals surface area contributed by atoms with Crippen LogP contribution >= 0.6 is 31.3 Å². The second-order valence-corrected chi connectivity index (χ2v) is 37.3. The number of nitrogens with two attached hydrogens (primary N) is 2. The van der Waals surface area contributed by atoms with Gasteiger partial charge in [-0.25, -0.2) is 27.8 Å². The van der Waals surface area contributed by atoms with Gasteiger partial charge < -0.3 is 255 Å². The molecule has 8 fully saturated rings. The number of phosphoric acid groups is 4. The largest absolute Gasteiger partial charge is 0.481 e. The van der Waals surface area contributed by atoms with Crippen LogP contribution in [0, 0.1) is 0 Å². The Bertz CT molecular complexity index is 4030. The monoisotopic (exact) mass is 2080 g/mol. The first-order valence-corrected chi connectivity index (χ1v) is 46.7. The molecule has 1 amide bonds. The molecule has 47 atom stereocenters. The molecule has 8 heterocycles. The van der Waals surface area contributed by atoms with Crippen molar-refractivity contribution in [2.75, 3.05) is 79.2 Å². The van der Waals surface area contributed by atoms with Gasteiger partial charge in [0, 0.05) is 46.7 Å². The van der Waals surface area contributed by atoms with Gasteiger partial charge in [-0.15, -0.1) is 0 Å². The Labute approximate surface area is 764 Å². The van der Waals surface area contributed by atoms with Crippen molar-refractivity contribution in [3.63, 3.8) is 0 Å².